The van der Waals surface area contributed by atoms with Crippen LogP contribution in [0, 0.1) is 0 Å². The molecule has 0 aliphatic rings. The minimum absolute atomic E-state index is 0.234. The molecular formula is C18H13ClF3N3O3S. The second kappa shape index (κ2) is 7.88. The molecule has 0 fully saturated rings. The zero-order valence-corrected chi connectivity index (χ0v) is 16.1. The molecule has 152 valence electrons. The maximum atomic E-state index is 13.2. The average Bonchev–Trinajstić information content (AvgIpc) is 2.67. The van der Waals surface area contributed by atoms with E-state index < -0.39 is 26.8 Å². The Labute approximate surface area is 169 Å². The fourth-order valence-electron chi connectivity index (χ4n) is 2.44. The van der Waals surface area contributed by atoms with Crippen LogP contribution in [0.25, 0.3) is 0 Å². The van der Waals surface area contributed by atoms with Crippen molar-refractivity contribution in [1.82, 2.24) is 9.97 Å². The number of aromatic nitrogens is 2. The van der Waals surface area contributed by atoms with E-state index in [1.54, 1.807) is 30.3 Å². The van der Waals surface area contributed by atoms with Gasteiger partial charge in [-0.2, -0.15) is 13.2 Å². The van der Waals surface area contributed by atoms with E-state index in [0.29, 0.717) is 17.8 Å². The van der Waals surface area contributed by atoms with Crippen LogP contribution in [0.5, 0.6) is 5.88 Å². The zero-order chi connectivity index (χ0) is 21.2. The first-order chi connectivity index (χ1) is 13.6. The molecule has 0 spiro atoms. The number of alkyl halides is 3. The summed E-state index contributed by atoms with van der Waals surface area (Å²) in [5, 5.41) is 8.82. The molecule has 0 radical (unpaired) electrons. The van der Waals surface area contributed by atoms with Crippen molar-refractivity contribution in [3.8, 4) is 5.88 Å². The van der Waals surface area contributed by atoms with Crippen molar-refractivity contribution in [3.05, 3.63) is 77.1 Å². The van der Waals surface area contributed by atoms with Crippen LogP contribution < -0.4 is 4.31 Å². The molecule has 1 aromatic carbocycles. The second-order valence-electron chi connectivity index (χ2n) is 5.88. The summed E-state index contributed by atoms with van der Waals surface area (Å²) in [5.41, 5.74) is -0.546. The Morgan fingerprint density at radius 2 is 1.72 bits per heavy atom. The Balaban J connectivity index is 2.12. The van der Waals surface area contributed by atoms with E-state index in [1.807, 2.05) is 0 Å². The lowest BCUT2D eigenvalue weighted by Gasteiger charge is -2.24. The summed E-state index contributed by atoms with van der Waals surface area (Å²) >= 11 is 5.99. The van der Waals surface area contributed by atoms with E-state index in [0.717, 1.165) is 22.6 Å². The average molecular weight is 444 g/mol. The predicted octanol–water partition coefficient (Wildman–Crippen LogP) is 4.25. The molecule has 11 heteroatoms. The molecule has 0 bridgehead atoms. The van der Waals surface area contributed by atoms with E-state index in [-0.39, 0.29) is 23.1 Å². The van der Waals surface area contributed by atoms with Gasteiger partial charge in [-0.25, -0.2) is 22.7 Å². The highest BCUT2D eigenvalue weighted by Crippen LogP contribution is 2.35. The molecule has 2 heterocycles. The number of hydrogen-bond donors (Lipinski definition) is 1. The van der Waals surface area contributed by atoms with Crippen molar-refractivity contribution in [1.29, 1.82) is 0 Å². The van der Waals surface area contributed by atoms with Gasteiger partial charge in [0.1, 0.15) is 4.90 Å². The van der Waals surface area contributed by atoms with E-state index in [9.17, 15) is 26.7 Å². The summed E-state index contributed by atoms with van der Waals surface area (Å²) in [6, 6.07) is 11.2. The number of rotatable bonds is 5. The third-order valence-corrected chi connectivity index (χ3v) is 5.86. The van der Waals surface area contributed by atoms with Crippen LogP contribution in [0.4, 0.5) is 19.0 Å². The summed E-state index contributed by atoms with van der Waals surface area (Å²) < 4.78 is 65.9. The summed E-state index contributed by atoms with van der Waals surface area (Å²) in [7, 11) is -4.31. The third-order valence-electron chi connectivity index (χ3n) is 3.86. The van der Waals surface area contributed by atoms with Crippen LogP contribution in [0.1, 0.15) is 11.1 Å². The Morgan fingerprint density at radius 3 is 2.28 bits per heavy atom. The van der Waals surface area contributed by atoms with Crippen LogP contribution in [-0.4, -0.2) is 23.5 Å². The molecule has 0 amide bonds. The Morgan fingerprint density at radius 1 is 1.03 bits per heavy atom. The normalized spacial score (nSPS) is 12.0. The van der Waals surface area contributed by atoms with Gasteiger partial charge in [0, 0.05) is 12.3 Å². The van der Waals surface area contributed by atoms with Crippen molar-refractivity contribution in [3.63, 3.8) is 0 Å². The van der Waals surface area contributed by atoms with Crippen molar-refractivity contribution < 1.29 is 26.7 Å². The first kappa shape index (κ1) is 20.9. The monoisotopic (exact) mass is 443 g/mol. The number of pyridine rings is 2. The van der Waals surface area contributed by atoms with Crippen molar-refractivity contribution in [2.24, 2.45) is 0 Å². The van der Waals surface area contributed by atoms with Gasteiger partial charge in [0.25, 0.3) is 10.0 Å². The lowest BCUT2D eigenvalue weighted by molar-refractivity contribution is -0.137. The van der Waals surface area contributed by atoms with Gasteiger partial charge < -0.3 is 5.11 Å². The number of hydrogen-bond acceptors (Lipinski definition) is 5. The largest absolute Gasteiger partial charge is 0.493 e. The Bertz CT molecular complexity index is 1110. The lowest BCUT2D eigenvalue weighted by Crippen LogP contribution is -2.32. The van der Waals surface area contributed by atoms with Crippen molar-refractivity contribution in [2.75, 3.05) is 4.31 Å². The summed E-state index contributed by atoms with van der Waals surface area (Å²) in [6.07, 6.45) is -3.23. The highest BCUT2D eigenvalue weighted by Gasteiger charge is 2.34. The maximum absolute atomic E-state index is 13.2. The summed E-state index contributed by atoms with van der Waals surface area (Å²) in [6.45, 7) is -0.234. The molecule has 29 heavy (non-hydrogen) atoms. The number of sulfonamides is 1. The van der Waals surface area contributed by atoms with Gasteiger partial charge in [-0.15, -0.1) is 0 Å². The van der Waals surface area contributed by atoms with Crippen molar-refractivity contribution in [2.45, 2.75) is 17.6 Å². The highest BCUT2D eigenvalue weighted by atomic mass is 35.5. The molecule has 0 saturated carbocycles. The lowest BCUT2D eigenvalue weighted by atomic mass is 10.2. The standard InChI is InChI=1S/C18H13ClF3N3O3S/c19-15-8-13(18(20,21)22)9-24-17(15)25(11-12-4-2-1-3-5-12)29(27,28)14-6-7-16(26)23-10-14/h1-10H,11H2,(H,23,26). The number of halogens is 4. The molecule has 0 aliphatic carbocycles. The topological polar surface area (TPSA) is 83.4 Å². The van der Waals surface area contributed by atoms with E-state index in [1.165, 1.54) is 0 Å². The van der Waals surface area contributed by atoms with Gasteiger partial charge in [-0.05, 0) is 17.7 Å². The highest BCUT2D eigenvalue weighted by molar-refractivity contribution is 7.92. The smallest absolute Gasteiger partial charge is 0.417 e. The second-order valence-corrected chi connectivity index (χ2v) is 8.15. The molecular weight excluding hydrogens is 431 g/mol. The van der Waals surface area contributed by atoms with Crippen LogP contribution in [0.2, 0.25) is 5.02 Å². The number of nitrogens with zero attached hydrogens (tertiary/aromatic N) is 3. The fourth-order valence-corrected chi connectivity index (χ4v) is 4.14. The van der Waals surface area contributed by atoms with Gasteiger partial charge in [-0.1, -0.05) is 41.9 Å². The molecule has 0 aliphatic heterocycles. The molecule has 3 aromatic rings. The summed E-state index contributed by atoms with van der Waals surface area (Å²) in [5.74, 6) is -0.749. The van der Waals surface area contributed by atoms with Crippen LogP contribution in [0.15, 0.2) is 65.8 Å². The molecule has 0 atom stereocenters. The first-order valence-electron chi connectivity index (χ1n) is 8.03. The van der Waals surface area contributed by atoms with Gasteiger partial charge in [-0.3, -0.25) is 0 Å². The maximum Gasteiger partial charge on any atom is 0.417 e. The minimum Gasteiger partial charge on any atom is -0.493 e. The van der Waals surface area contributed by atoms with Gasteiger partial charge in [0.15, 0.2) is 5.82 Å². The van der Waals surface area contributed by atoms with Crippen LogP contribution in [0.3, 0.4) is 0 Å². The zero-order valence-electron chi connectivity index (χ0n) is 14.5. The number of aromatic hydroxyl groups is 1. The quantitative estimate of drug-likeness (QED) is 0.637. The van der Waals surface area contributed by atoms with Crippen LogP contribution >= 0.6 is 11.6 Å². The Kier molecular flexibility index (Phi) is 5.67. The number of benzene rings is 1. The fraction of sp³-hybridized carbons (Fsp3) is 0.111. The van der Waals surface area contributed by atoms with Gasteiger partial charge >= 0.3 is 6.18 Å². The van der Waals surface area contributed by atoms with E-state index >= 15 is 0 Å². The van der Waals surface area contributed by atoms with Gasteiger partial charge in [0.05, 0.1) is 23.3 Å². The SMILES string of the molecule is O=S(=O)(c1ccc(O)nc1)N(Cc1ccccc1)c1ncc(C(F)(F)F)cc1Cl. The predicted molar refractivity (Wildman–Crippen MR) is 100.0 cm³/mol. The molecule has 3 rings (SSSR count). The summed E-state index contributed by atoms with van der Waals surface area (Å²) in [4.78, 5) is 6.93. The van der Waals surface area contributed by atoms with Crippen molar-refractivity contribution >= 4 is 27.4 Å². The first-order valence-corrected chi connectivity index (χ1v) is 9.85. The molecule has 2 aromatic heterocycles. The minimum atomic E-state index is -4.68. The van der Waals surface area contributed by atoms with Crippen LogP contribution in [-0.2, 0) is 22.7 Å². The van der Waals surface area contributed by atoms with Gasteiger partial charge in [0.2, 0.25) is 5.88 Å². The van der Waals surface area contributed by atoms with E-state index in [2.05, 4.69) is 9.97 Å². The number of anilines is 1. The Hall–Kier alpha value is -2.85. The molecule has 0 unspecified atom stereocenters. The van der Waals surface area contributed by atoms with E-state index in [4.69, 9.17) is 11.6 Å². The molecule has 6 nitrogen and oxygen atoms in total. The molecule has 0 saturated heterocycles. The third kappa shape index (κ3) is 4.60. The molecule has 1 N–H and O–H groups in total.